The Kier molecular flexibility index (Phi) is 7.98. The van der Waals surface area contributed by atoms with Crippen LogP contribution < -0.4 is 22.1 Å². The molecule has 0 bridgehead atoms. The average molecular weight is 538 g/mol. The van der Waals surface area contributed by atoms with Crippen LogP contribution in [0, 0.1) is 0 Å². The zero-order chi connectivity index (χ0) is 27.6. The van der Waals surface area contributed by atoms with E-state index < -0.39 is 11.2 Å². The molecule has 2 aromatic rings. The number of carbonyl (C=O) groups excluding carboxylic acids is 2. The summed E-state index contributed by atoms with van der Waals surface area (Å²) in [6.45, 7) is 12.3. The minimum Gasteiger partial charge on any atom is -0.338 e. The maximum atomic E-state index is 12.8. The molecule has 4 heterocycles. The van der Waals surface area contributed by atoms with E-state index in [-0.39, 0.29) is 17.8 Å². The summed E-state index contributed by atoms with van der Waals surface area (Å²) in [5, 5.41) is 6.19. The van der Waals surface area contributed by atoms with E-state index in [9.17, 15) is 14.4 Å². The second kappa shape index (κ2) is 11.4. The smallest absolute Gasteiger partial charge is 0.338 e. The highest BCUT2D eigenvalue weighted by Crippen LogP contribution is 2.16. The Morgan fingerprint density at radius 1 is 1.03 bits per heavy atom. The van der Waals surface area contributed by atoms with E-state index in [0.717, 1.165) is 51.5 Å². The molecule has 3 amide bonds. The molecule has 0 spiro atoms. The molecule has 1 aromatic carbocycles. The van der Waals surface area contributed by atoms with Gasteiger partial charge < -0.3 is 20.9 Å². The molecule has 3 saturated heterocycles. The molecule has 3 fully saturated rings. The fourth-order valence-electron chi connectivity index (χ4n) is 5.48. The van der Waals surface area contributed by atoms with Crippen LogP contribution in [0.15, 0.2) is 41.3 Å². The van der Waals surface area contributed by atoms with Gasteiger partial charge in [0.05, 0.1) is 11.2 Å². The minimum atomic E-state index is -0.943. The molecule has 4 N–H and O–H groups in total. The van der Waals surface area contributed by atoms with Crippen molar-refractivity contribution >= 4 is 17.8 Å². The summed E-state index contributed by atoms with van der Waals surface area (Å²) in [4.78, 5) is 50.2. The lowest BCUT2D eigenvalue weighted by atomic mass is 10.1. The number of benzene rings is 1. The number of urea groups is 1. The first kappa shape index (κ1) is 27.3. The molecule has 3 aliphatic rings. The molecule has 39 heavy (non-hydrogen) atoms. The monoisotopic (exact) mass is 537 g/mol. The summed E-state index contributed by atoms with van der Waals surface area (Å²) < 4.78 is 1.46. The standard InChI is InChI=1S/C27H39N9O3/c1-27(2,28)24(37)34-13-15-35(16-14-34)25(38)30-23-7-9-36(26(39)31-23)21-5-3-20(4-6-21)18-32-11-12-33-10-8-29-17-22(33)19-32/h3-7,9,22,29H,8,10-19,28H2,1-2H3,(H,30,31,38,39). The molecule has 0 radical (unpaired) electrons. The van der Waals surface area contributed by atoms with Crippen LogP contribution in [0.5, 0.6) is 0 Å². The highest BCUT2D eigenvalue weighted by atomic mass is 16.2. The summed E-state index contributed by atoms with van der Waals surface area (Å²) in [6.07, 6.45) is 1.62. The molecule has 1 unspecified atom stereocenters. The fraction of sp³-hybridized carbons (Fsp3) is 0.556. The first-order valence-corrected chi connectivity index (χ1v) is 13.7. The predicted octanol–water partition coefficient (Wildman–Crippen LogP) is -0.265. The predicted molar refractivity (Wildman–Crippen MR) is 149 cm³/mol. The lowest BCUT2D eigenvalue weighted by Crippen LogP contribution is -2.60. The number of amides is 3. The Hall–Kier alpha value is -3.32. The molecule has 0 aliphatic carbocycles. The number of carbonyl (C=O) groups is 2. The van der Waals surface area contributed by atoms with Gasteiger partial charge in [0.2, 0.25) is 5.91 Å². The van der Waals surface area contributed by atoms with Crippen molar-refractivity contribution in [1.29, 1.82) is 0 Å². The van der Waals surface area contributed by atoms with Gasteiger partial charge in [-0.1, -0.05) is 12.1 Å². The van der Waals surface area contributed by atoms with Crippen LogP contribution in [0.1, 0.15) is 19.4 Å². The molecule has 12 heteroatoms. The normalized spacial score (nSPS) is 20.9. The number of fused-ring (bicyclic) bond motifs is 1. The van der Waals surface area contributed by atoms with E-state index in [2.05, 4.69) is 37.6 Å². The maximum absolute atomic E-state index is 12.8. The van der Waals surface area contributed by atoms with Gasteiger partial charge in [-0.25, -0.2) is 9.59 Å². The molecule has 3 aliphatic heterocycles. The van der Waals surface area contributed by atoms with Crippen molar-refractivity contribution in [1.82, 2.24) is 34.5 Å². The van der Waals surface area contributed by atoms with Gasteiger partial charge >= 0.3 is 11.7 Å². The summed E-state index contributed by atoms with van der Waals surface area (Å²) in [6, 6.07) is 9.80. The van der Waals surface area contributed by atoms with Gasteiger partial charge in [0.15, 0.2) is 0 Å². The summed E-state index contributed by atoms with van der Waals surface area (Å²) in [5.74, 6) is 0.0523. The largest absolute Gasteiger partial charge is 0.354 e. The molecular formula is C27H39N9O3. The van der Waals surface area contributed by atoms with E-state index in [1.54, 1.807) is 35.9 Å². The Bertz CT molecular complexity index is 1230. The number of nitrogens with two attached hydrogens (primary N) is 1. The third kappa shape index (κ3) is 6.47. The van der Waals surface area contributed by atoms with Crippen LogP contribution in [0.4, 0.5) is 10.6 Å². The summed E-state index contributed by atoms with van der Waals surface area (Å²) in [5.41, 5.74) is 6.42. The van der Waals surface area contributed by atoms with Gasteiger partial charge in [0, 0.05) is 84.2 Å². The molecule has 12 nitrogen and oxygen atoms in total. The summed E-state index contributed by atoms with van der Waals surface area (Å²) in [7, 11) is 0. The topological polar surface area (TPSA) is 132 Å². The zero-order valence-electron chi connectivity index (χ0n) is 22.8. The lowest BCUT2D eigenvalue weighted by Gasteiger charge is -2.44. The van der Waals surface area contributed by atoms with Crippen molar-refractivity contribution in [3.8, 4) is 5.69 Å². The fourth-order valence-corrected chi connectivity index (χ4v) is 5.48. The second-order valence-corrected chi connectivity index (χ2v) is 11.2. The van der Waals surface area contributed by atoms with Crippen LogP contribution in [-0.4, -0.2) is 118 Å². The van der Waals surface area contributed by atoms with E-state index in [1.165, 1.54) is 10.1 Å². The Morgan fingerprint density at radius 3 is 2.44 bits per heavy atom. The Morgan fingerprint density at radius 2 is 1.74 bits per heavy atom. The van der Waals surface area contributed by atoms with Gasteiger partial charge in [0.25, 0.3) is 0 Å². The quantitative estimate of drug-likeness (QED) is 0.475. The van der Waals surface area contributed by atoms with Crippen molar-refractivity contribution in [2.45, 2.75) is 32.0 Å². The van der Waals surface area contributed by atoms with Crippen LogP contribution in [0.25, 0.3) is 5.69 Å². The number of nitrogens with zero attached hydrogens (tertiary/aromatic N) is 6. The van der Waals surface area contributed by atoms with E-state index >= 15 is 0 Å². The van der Waals surface area contributed by atoms with Gasteiger partial charge in [-0.3, -0.25) is 24.5 Å². The number of piperazine rings is 3. The van der Waals surface area contributed by atoms with Crippen molar-refractivity contribution in [2.75, 3.05) is 70.8 Å². The van der Waals surface area contributed by atoms with Crippen LogP contribution in [0.2, 0.25) is 0 Å². The third-order valence-electron chi connectivity index (χ3n) is 7.71. The Balaban J connectivity index is 1.14. The maximum Gasteiger partial charge on any atom is 0.354 e. The van der Waals surface area contributed by atoms with Crippen molar-refractivity contribution in [3.63, 3.8) is 0 Å². The van der Waals surface area contributed by atoms with Crippen molar-refractivity contribution in [3.05, 3.63) is 52.6 Å². The number of anilines is 1. The molecule has 210 valence electrons. The van der Waals surface area contributed by atoms with Gasteiger partial charge in [-0.05, 0) is 37.6 Å². The van der Waals surface area contributed by atoms with Crippen LogP contribution in [-0.2, 0) is 11.3 Å². The number of hydrogen-bond donors (Lipinski definition) is 3. The zero-order valence-corrected chi connectivity index (χ0v) is 22.8. The number of hydrogen-bond acceptors (Lipinski definition) is 8. The number of nitrogens with one attached hydrogen (secondary N) is 2. The van der Waals surface area contributed by atoms with Crippen LogP contribution in [0.3, 0.4) is 0 Å². The highest BCUT2D eigenvalue weighted by molar-refractivity contribution is 5.89. The van der Waals surface area contributed by atoms with Crippen molar-refractivity contribution < 1.29 is 9.59 Å². The van der Waals surface area contributed by atoms with Crippen LogP contribution >= 0.6 is 0 Å². The molecular weight excluding hydrogens is 498 g/mol. The Labute approximate surface area is 228 Å². The number of aromatic nitrogens is 2. The average Bonchev–Trinajstić information content (AvgIpc) is 2.93. The minimum absolute atomic E-state index is 0.138. The van der Waals surface area contributed by atoms with E-state index in [1.807, 2.05) is 12.1 Å². The number of rotatable bonds is 5. The molecule has 1 aromatic heterocycles. The summed E-state index contributed by atoms with van der Waals surface area (Å²) >= 11 is 0. The SMILES string of the molecule is CC(C)(N)C(=O)N1CCN(C(=O)Nc2ccn(-c3ccc(CN4CCN5CCNCC5C4)cc3)c(=O)n2)CC1. The first-order chi connectivity index (χ1) is 18.7. The molecule has 1 atom stereocenters. The lowest BCUT2D eigenvalue weighted by molar-refractivity contribution is -0.137. The first-order valence-electron chi connectivity index (χ1n) is 13.7. The molecule has 0 saturated carbocycles. The third-order valence-corrected chi connectivity index (χ3v) is 7.71. The highest BCUT2D eigenvalue weighted by Gasteiger charge is 2.31. The molecule has 5 rings (SSSR count). The van der Waals surface area contributed by atoms with Gasteiger partial charge in [-0.2, -0.15) is 4.98 Å². The van der Waals surface area contributed by atoms with E-state index in [0.29, 0.717) is 32.2 Å². The van der Waals surface area contributed by atoms with Gasteiger partial charge in [0.1, 0.15) is 5.82 Å². The second-order valence-electron chi connectivity index (χ2n) is 11.2. The van der Waals surface area contributed by atoms with Crippen molar-refractivity contribution in [2.24, 2.45) is 5.73 Å². The van der Waals surface area contributed by atoms with Gasteiger partial charge in [-0.15, -0.1) is 0 Å². The van der Waals surface area contributed by atoms with E-state index in [4.69, 9.17) is 5.73 Å².